The predicted octanol–water partition coefficient (Wildman–Crippen LogP) is 3.55. The molecule has 3 rings (SSSR count). The molecular formula is C21H20F5N3O4. The summed E-state index contributed by atoms with van der Waals surface area (Å²) in [6.45, 7) is 1.93. The molecule has 12 heteroatoms. The number of methoxy groups -OCH3 is 1. The van der Waals surface area contributed by atoms with E-state index in [1.165, 1.54) is 6.92 Å². The number of nitrogens with two attached hydrogens (primary N) is 1. The van der Waals surface area contributed by atoms with Crippen LogP contribution in [-0.4, -0.2) is 41.8 Å². The first-order valence-corrected chi connectivity index (χ1v) is 9.57. The number of ether oxygens (including phenoxy) is 2. The SMILES string of the molecule is [2H]c1cc(NC(=O)[C@@H]2O[C@](C)(C(F)(F)F)[C@H](C)[C@@H]2c2ccc(F)c(F)c2OC)cc(C(N)=O)n1. The van der Waals surface area contributed by atoms with Gasteiger partial charge in [0.1, 0.15) is 11.8 Å². The Bertz CT molecular complexity index is 1150. The number of pyridine rings is 1. The molecule has 178 valence electrons. The molecule has 1 aliphatic rings. The van der Waals surface area contributed by atoms with Crippen LogP contribution in [0.15, 0.2) is 30.4 Å². The summed E-state index contributed by atoms with van der Waals surface area (Å²) in [4.78, 5) is 28.1. The molecule has 7 nitrogen and oxygen atoms in total. The zero-order valence-corrected chi connectivity index (χ0v) is 17.6. The van der Waals surface area contributed by atoms with E-state index in [1.807, 2.05) is 0 Å². The number of primary amides is 1. The van der Waals surface area contributed by atoms with Crippen LogP contribution in [0, 0.1) is 17.6 Å². The third-order valence-electron chi connectivity index (χ3n) is 5.79. The number of amides is 2. The molecule has 1 fully saturated rings. The van der Waals surface area contributed by atoms with Gasteiger partial charge in [-0.2, -0.15) is 17.6 Å². The standard InChI is InChI=1S/C21H20F5N3O4/c1-9-14(11-4-5-12(22)15(23)16(11)32-3)17(33-20(9,2)21(24,25)26)19(31)29-10-6-7-28-13(8-10)18(27)30/h4-9,14,17H,1-3H3,(H2,27,30)(H,28,29,31)/t9-,14-,17-,20+/m1/s1/i7D. The van der Waals surface area contributed by atoms with Crippen molar-refractivity contribution in [2.75, 3.05) is 12.4 Å². The van der Waals surface area contributed by atoms with Crippen molar-refractivity contribution in [1.82, 2.24) is 4.98 Å². The number of hydrogen-bond acceptors (Lipinski definition) is 5. The van der Waals surface area contributed by atoms with Crippen molar-refractivity contribution in [2.24, 2.45) is 11.7 Å². The van der Waals surface area contributed by atoms with Gasteiger partial charge in [0, 0.05) is 29.3 Å². The summed E-state index contributed by atoms with van der Waals surface area (Å²) in [5.74, 6) is -8.30. The van der Waals surface area contributed by atoms with Crippen LogP contribution in [-0.2, 0) is 9.53 Å². The Kier molecular flexibility index (Phi) is 5.95. The second-order valence-corrected chi connectivity index (χ2v) is 7.67. The van der Waals surface area contributed by atoms with Gasteiger partial charge in [0.2, 0.25) is 5.82 Å². The predicted molar refractivity (Wildman–Crippen MR) is 106 cm³/mol. The molecule has 1 saturated heterocycles. The fourth-order valence-corrected chi connectivity index (χ4v) is 3.84. The summed E-state index contributed by atoms with van der Waals surface area (Å²) in [5.41, 5.74) is 1.60. The van der Waals surface area contributed by atoms with Crippen LogP contribution in [0.2, 0.25) is 0 Å². The summed E-state index contributed by atoms with van der Waals surface area (Å²) in [6, 6.07) is 3.82. The third-order valence-corrected chi connectivity index (χ3v) is 5.79. The molecule has 3 N–H and O–H groups in total. The monoisotopic (exact) mass is 474 g/mol. The van der Waals surface area contributed by atoms with Gasteiger partial charge < -0.3 is 20.5 Å². The van der Waals surface area contributed by atoms with Crippen molar-refractivity contribution in [2.45, 2.75) is 37.6 Å². The van der Waals surface area contributed by atoms with E-state index >= 15 is 0 Å². The molecule has 2 amide bonds. The van der Waals surface area contributed by atoms with Crippen molar-refractivity contribution in [3.05, 3.63) is 53.3 Å². The Morgan fingerprint density at radius 2 is 1.97 bits per heavy atom. The first-order valence-electron chi connectivity index (χ1n) is 10.1. The Morgan fingerprint density at radius 1 is 1.30 bits per heavy atom. The van der Waals surface area contributed by atoms with Gasteiger partial charge in [0.15, 0.2) is 17.2 Å². The summed E-state index contributed by atoms with van der Waals surface area (Å²) < 4.78 is 87.8. The molecule has 1 aliphatic heterocycles. The Morgan fingerprint density at radius 3 is 2.55 bits per heavy atom. The second-order valence-electron chi connectivity index (χ2n) is 7.67. The average Bonchev–Trinajstić information content (AvgIpc) is 3.01. The Labute approximate surface area is 186 Å². The van der Waals surface area contributed by atoms with Gasteiger partial charge in [0.05, 0.1) is 8.48 Å². The number of carbonyl (C=O) groups is 2. The number of alkyl halides is 3. The second kappa shape index (κ2) is 8.58. The number of aromatic nitrogens is 1. The maximum absolute atomic E-state index is 14.4. The number of anilines is 1. The van der Waals surface area contributed by atoms with Gasteiger partial charge in [-0.25, -0.2) is 4.39 Å². The summed E-state index contributed by atoms with van der Waals surface area (Å²) in [6.07, 6.45) is -7.19. The van der Waals surface area contributed by atoms with Gasteiger partial charge in [-0.05, 0) is 25.1 Å². The van der Waals surface area contributed by atoms with Gasteiger partial charge >= 0.3 is 6.18 Å². The van der Waals surface area contributed by atoms with E-state index in [0.29, 0.717) is 6.07 Å². The number of carbonyl (C=O) groups excluding carboxylic acids is 2. The quantitative estimate of drug-likeness (QED) is 0.646. The normalized spacial score (nSPS) is 25.5. The number of hydrogen-bond donors (Lipinski definition) is 2. The van der Waals surface area contributed by atoms with E-state index in [-0.39, 0.29) is 16.9 Å². The highest BCUT2D eigenvalue weighted by Crippen LogP contribution is 2.55. The Balaban J connectivity index is 2.09. The summed E-state index contributed by atoms with van der Waals surface area (Å²) in [7, 11) is 1.01. The lowest BCUT2D eigenvalue weighted by atomic mass is 9.77. The maximum Gasteiger partial charge on any atom is 0.417 e. The molecule has 2 heterocycles. The smallest absolute Gasteiger partial charge is 0.417 e. The van der Waals surface area contributed by atoms with E-state index in [2.05, 4.69) is 10.3 Å². The average molecular weight is 474 g/mol. The van der Waals surface area contributed by atoms with Crippen LogP contribution in [0.25, 0.3) is 0 Å². The minimum absolute atomic E-state index is 0.147. The fraction of sp³-hybridized carbons (Fsp3) is 0.381. The minimum atomic E-state index is -4.92. The number of benzene rings is 1. The molecule has 2 aromatic rings. The van der Waals surface area contributed by atoms with E-state index < -0.39 is 65.1 Å². The zero-order chi connectivity index (χ0) is 25.6. The topological polar surface area (TPSA) is 104 Å². The molecule has 0 spiro atoms. The zero-order valence-electron chi connectivity index (χ0n) is 18.6. The number of nitrogens with zero attached hydrogens (tertiary/aromatic N) is 1. The van der Waals surface area contributed by atoms with Crippen LogP contribution < -0.4 is 15.8 Å². The molecule has 0 aliphatic carbocycles. The highest BCUT2D eigenvalue weighted by Gasteiger charge is 2.65. The minimum Gasteiger partial charge on any atom is -0.493 e. The van der Waals surface area contributed by atoms with Crippen molar-refractivity contribution < 1.29 is 42.4 Å². The molecule has 33 heavy (non-hydrogen) atoms. The molecule has 1 aromatic heterocycles. The lowest BCUT2D eigenvalue weighted by Crippen LogP contribution is -2.47. The van der Waals surface area contributed by atoms with Crippen LogP contribution in [0.3, 0.4) is 0 Å². The van der Waals surface area contributed by atoms with Gasteiger partial charge in [-0.1, -0.05) is 13.0 Å². The highest BCUT2D eigenvalue weighted by atomic mass is 19.4. The lowest BCUT2D eigenvalue weighted by molar-refractivity contribution is -0.272. The lowest BCUT2D eigenvalue weighted by Gasteiger charge is -2.32. The van der Waals surface area contributed by atoms with E-state index in [4.69, 9.17) is 16.6 Å². The summed E-state index contributed by atoms with van der Waals surface area (Å²) >= 11 is 0. The number of halogens is 5. The first kappa shape index (κ1) is 22.9. The Hall–Kier alpha value is -3.28. The molecule has 4 atom stereocenters. The number of nitrogens with one attached hydrogen (secondary N) is 1. The largest absolute Gasteiger partial charge is 0.493 e. The van der Waals surface area contributed by atoms with Gasteiger partial charge in [0.25, 0.3) is 11.8 Å². The maximum atomic E-state index is 14.4. The van der Waals surface area contributed by atoms with Crippen LogP contribution in [0.5, 0.6) is 5.75 Å². The summed E-state index contributed by atoms with van der Waals surface area (Å²) in [5, 5.41) is 2.29. The molecule has 1 aromatic carbocycles. The van der Waals surface area contributed by atoms with Gasteiger partial charge in [-0.15, -0.1) is 0 Å². The molecular weight excluding hydrogens is 453 g/mol. The van der Waals surface area contributed by atoms with Gasteiger partial charge in [-0.3, -0.25) is 14.6 Å². The van der Waals surface area contributed by atoms with E-state index in [0.717, 1.165) is 32.2 Å². The molecule has 0 unspecified atom stereocenters. The van der Waals surface area contributed by atoms with Crippen molar-refractivity contribution in [1.29, 1.82) is 0 Å². The molecule has 0 bridgehead atoms. The van der Waals surface area contributed by atoms with Crippen molar-refractivity contribution in [3.8, 4) is 5.75 Å². The first-order chi connectivity index (χ1) is 15.7. The fourth-order valence-electron chi connectivity index (χ4n) is 3.84. The van der Waals surface area contributed by atoms with Crippen LogP contribution >= 0.6 is 0 Å². The van der Waals surface area contributed by atoms with E-state index in [9.17, 15) is 31.5 Å². The van der Waals surface area contributed by atoms with Crippen molar-refractivity contribution >= 4 is 17.5 Å². The molecule has 0 saturated carbocycles. The number of rotatable bonds is 5. The van der Waals surface area contributed by atoms with Crippen molar-refractivity contribution in [3.63, 3.8) is 0 Å². The highest BCUT2D eigenvalue weighted by molar-refractivity contribution is 5.97. The third kappa shape index (κ3) is 4.22. The van der Waals surface area contributed by atoms with Crippen LogP contribution in [0.4, 0.5) is 27.6 Å². The van der Waals surface area contributed by atoms with E-state index in [1.54, 1.807) is 0 Å². The molecule has 0 radical (unpaired) electrons. The van der Waals surface area contributed by atoms with Crippen LogP contribution in [0.1, 0.15) is 37.2 Å².